The van der Waals surface area contributed by atoms with Gasteiger partial charge in [-0.15, -0.1) is 24.0 Å². The van der Waals surface area contributed by atoms with E-state index in [0.29, 0.717) is 36.3 Å². The summed E-state index contributed by atoms with van der Waals surface area (Å²) < 4.78 is 15.8. The summed E-state index contributed by atoms with van der Waals surface area (Å²) in [6, 6.07) is 3.59. The van der Waals surface area contributed by atoms with Gasteiger partial charge in [-0.25, -0.2) is 4.99 Å². The number of methoxy groups -OCH3 is 3. The fraction of sp³-hybridized carbons (Fsp3) is 0.400. The molecule has 0 aliphatic rings. The van der Waals surface area contributed by atoms with Crippen molar-refractivity contribution < 1.29 is 14.2 Å². The second kappa shape index (κ2) is 10.1. The third kappa shape index (κ3) is 6.00. The maximum absolute atomic E-state index is 5.79. The van der Waals surface area contributed by atoms with Crippen LogP contribution in [-0.4, -0.2) is 33.8 Å². The van der Waals surface area contributed by atoms with Crippen LogP contribution in [0.25, 0.3) is 0 Å². The van der Waals surface area contributed by atoms with Gasteiger partial charge in [0.1, 0.15) is 5.75 Å². The molecule has 22 heavy (non-hydrogen) atoms. The van der Waals surface area contributed by atoms with E-state index in [9.17, 15) is 0 Å². The summed E-state index contributed by atoms with van der Waals surface area (Å²) in [4.78, 5) is 4.27. The average molecular weight is 421 g/mol. The molecule has 0 heterocycles. The molecule has 0 fully saturated rings. The molecule has 0 aromatic heterocycles. The van der Waals surface area contributed by atoms with Gasteiger partial charge in [-0.1, -0.05) is 12.2 Å². The highest BCUT2D eigenvalue weighted by Gasteiger charge is 2.11. The Morgan fingerprint density at radius 3 is 2.18 bits per heavy atom. The molecule has 1 aromatic rings. The Morgan fingerprint density at radius 1 is 1.14 bits per heavy atom. The average Bonchev–Trinajstić information content (AvgIpc) is 2.49. The molecule has 0 amide bonds. The van der Waals surface area contributed by atoms with Gasteiger partial charge in [-0.3, -0.25) is 0 Å². The van der Waals surface area contributed by atoms with Gasteiger partial charge in [0.05, 0.1) is 27.9 Å². The standard InChI is InChI=1S/C15H23N3O3.HI/c1-10(2)8-17-15(16)18-9-11-6-13(20-4)14(21-5)7-12(11)19-3;/h6-7H,1,8-9H2,2-5H3,(H3,16,17,18);1H. The normalized spacial score (nSPS) is 10.5. The molecule has 124 valence electrons. The fourth-order valence-corrected chi connectivity index (χ4v) is 1.68. The Hall–Kier alpha value is -1.64. The van der Waals surface area contributed by atoms with Crippen molar-refractivity contribution in [1.82, 2.24) is 5.32 Å². The lowest BCUT2D eigenvalue weighted by Crippen LogP contribution is -2.32. The first kappa shape index (κ1) is 20.4. The number of guanidine groups is 1. The number of nitrogens with two attached hydrogens (primary N) is 1. The van der Waals surface area contributed by atoms with Crippen molar-refractivity contribution in [3.63, 3.8) is 0 Å². The smallest absolute Gasteiger partial charge is 0.189 e. The Kier molecular flexibility index (Phi) is 9.39. The summed E-state index contributed by atoms with van der Waals surface area (Å²) in [7, 11) is 4.76. The molecule has 1 aromatic carbocycles. The molecule has 0 atom stereocenters. The molecule has 0 aliphatic heterocycles. The van der Waals surface area contributed by atoms with Crippen LogP contribution in [0, 0.1) is 0 Å². The number of nitrogens with one attached hydrogen (secondary N) is 1. The molecule has 0 radical (unpaired) electrons. The molecule has 0 saturated heterocycles. The van der Waals surface area contributed by atoms with Gasteiger partial charge >= 0.3 is 0 Å². The predicted molar refractivity (Wildman–Crippen MR) is 99.7 cm³/mol. The van der Waals surface area contributed by atoms with Crippen molar-refractivity contribution in [1.29, 1.82) is 0 Å². The lowest BCUT2D eigenvalue weighted by atomic mass is 10.1. The number of halogens is 1. The molecule has 3 N–H and O–H groups in total. The first-order valence-corrected chi connectivity index (χ1v) is 6.48. The Morgan fingerprint density at radius 2 is 1.68 bits per heavy atom. The number of hydrogen-bond acceptors (Lipinski definition) is 4. The summed E-state index contributed by atoms with van der Waals surface area (Å²) in [6.07, 6.45) is 0. The van der Waals surface area contributed by atoms with Gasteiger partial charge in [-0.05, 0) is 13.0 Å². The highest BCUT2D eigenvalue weighted by atomic mass is 127. The third-order valence-electron chi connectivity index (χ3n) is 2.78. The van der Waals surface area contributed by atoms with Gasteiger partial charge < -0.3 is 25.3 Å². The van der Waals surface area contributed by atoms with Crippen LogP contribution in [-0.2, 0) is 6.54 Å². The van der Waals surface area contributed by atoms with Gasteiger partial charge in [-0.2, -0.15) is 0 Å². The topological polar surface area (TPSA) is 78.1 Å². The molecule has 0 saturated carbocycles. The number of ether oxygens (including phenoxy) is 3. The molecule has 0 bridgehead atoms. The van der Waals surface area contributed by atoms with Crippen molar-refractivity contribution >= 4 is 29.9 Å². The molecule has 0 aliphatic carbocycles. The quantitative estimate of drug-likeness (QED) is 0.306. The van der Waals surface area contributed by atoms with Crippen molar-refractivity contribution in [3.8, 4) is 17.2 Å². The van der Waals surface area contributed by atoms with Gasteiger partial charge in [0.15, 0.2) is 17.5 Å². The second-order valence-corrected chi connectivity index (χ2v) is 4.53. The molecular weight excluding hydrogens is 397 g/mol. The zero-order valence-corrected chi connectivity index (χ0v) is 15.8. The van der Waals surface area contributed by atoms with Gasteiger partial charge in [0, 0.05) is 18.2 Å². The van der Waals surface area contributed by atoms with E-state index in [0.717, 1.165) is 11.1 Å². The van der Waals surface area contributed by atoms with E-state index in [-0.39, 0.29) is 24.0 Å². The first-order valence-electron chi connectivity index (χ1n) is 6.48. The van der Waals surface area contributed by atoms with Crippen molar-refractivity contribution in [2.45, 2.75) is 13.5 Å². The molecule has 0 unspecified atom stereocenters. The van der Waals surface area contributed by atoms with Crippen LogP contribution in [0.15, 0.2) is 29.3 Å². The molecule has 7 heteroatoms. The minimum Gasteiger partial charge on any atom is -0.496 e. The maximum Gasteiger partial charge on any atom is 0.189 e. The highest BCUT2D eigenvalue weighted by molar-refractivity contribution is 14.0. The number of hydrogen-bond donors (Lipinski definition) is 2. The molecule has 0 spiro atoms. The SMILES string of the molecule is C=C(C)CNC(N)=NCc1cc(OC)c(OC)cc1OC.I. The van der Waals surface area contributed by atoms with Crippen LogP contribution >= 0.6 is 24.0 Å². The van der Waals surface area contributed by atoms with E-state index < -0.39 is 0 Å². The van der Waals surface area contributed by atoms with Crippen LogP contribution in [0.4, 0.5) is 0 Å². The number of nitrogens with zero attached hydrogens (tertiary/aromatic N) is 1. The first-order chi connectivity index (χ1) is 10.0. The highest BCUT2D eigenvalue weighted by Crippen LogP contribution is 2.34. The number of benzene rings is 1. The minimum atomic E-state index is 0. The summed E-state index contributed by atoms with van der Waals surface area (Å²) in [5, 5.41) is 2.97. The van der Waals surface area contributed by atoms with Crippen LogP contribution < -0.4 is 25.3 Å². The van der Waals surface area contributed by atoms with E-state index >= 15 is 0 Å². The van der Waals surface area contributed by atoms with Gasteiger partial charge in [0.2, 0.25) is 0 Å². The van der Waals surface area contributed by atoms with Crippen LogP contribution in [0.1, 0.15) is 12.5 Å². The zero-order valence-electron chi connectivity index (χ0n) is 13.4. The van der Waals surface area contributed by atoms with Crippen LogP contribution in [0.5, 0.6) is 17.2 Å². The molecule has 1 rings (SSSR count). The molecule has 6 nitrogen and oxygen atoms in total. The van der Waals surface area contributed by atoms with E-state index in [1.54, 1.807) is 27.4 Å². The lowest BCUT2D eigenvalue weighted by Gasteiger charge is -2.13. The fourth-order valence-electron chi connectivity index (χ4n) is 1.68. The van der Waals surface area contributed by atoms with E-state index in [1.165, 1.54) is 0 Å². The number of rotatable bonds is 7. The minimum absolute atomic E-state index is 0. The van der Waals surface area contributed by atoms with Crippen LogP contribution in [0.3, 0.4) is 0 Å². The van der Waals surface area contributed by atoms with E-state index in [4.69, 9.17) is 19.9 Å². The monoisotopic (exact) mass is 421 g/mol. The maximum atomic E-state index is 5.79. The largest absolute Gasteiger partial charge is 0.496 e. The number of aliphatic imine (C=N–C) groups is 1. The Labute approximate surface area is 148 Å². The lowest BCUT2D eigenvalue weighted by molar-refractivity contribution is 0.347. The summed E-state index contributed by atoms with van der Waals surface area (Å²) >= 11 is 0. The summed E-state index contributed by atoms with van der Waals surface area (Å²) in [5.74, 6) is 2.26. The van der Waals surface area contributed by atoms with E-state index in [1.807, 2.05) is 13.0 Å². The third-order valence-corrected chi connectivity index (χ3v) is 2.78. The summed E-state index contributed by atoms with van der Waals surface area (Å²) in [5.41, 5.74) is 7.63. The second-order valence-electron chi connectivity index (χ2n) is 4.53. The predicted octanol–water partition coefficient (Wildman–Crippen LogP) is 2.31. The van der Waals surface area contributed by atoms with E-state index in [2.05, 4.69) is 16.9 Å². The zero-order chi connectivity index (χ0) is 15.8. The van der Waals surface area contributed by atoms with Crippen molar-refractivity contribution in [3.05, 3.63) is 29.8 Å². The molecular formula is C15H24IN3O3. The van der Waals surface area contributed by atoms with Crippen LogP contribution in [0.2, 0.25) is 0 Å². The summed E-state index contributed by atoms with van der Waals surface area (Å²) in [6.45, 7) is 6.67. The van der Waals surface area contributed by atoms with Crippen molar-refractivity contribution in [2.24, 2.45) is 10.7 Å². The Balaban J connectivity index is 0.00000441. The Bertz CT molecular complexity index is 533. The van der Waals surface area contributed by atoms with Gasteiger partial charge in [0.25, 0.3) is 0 Å². The van der Waals surface area contributed by atoms with Crippen molar-refractivity contribution in [2.75, 3.05) is 27.9 Å².